The summed E-state index contributed by atoms with van der Waals surface area (Å²) in [6.45, 7) is 3.79. The van der Waals surface area contributed by atoms with Gasteiger partial charge in [-0.3, -0.25) is 14.4 Å². The van der Waals surface area contributed by atoms with E-state index >= 15 is 0 Å². The van der Waals surface area contributed by atoms with Gasteiger partial charge in [-0.05, 0) is 11.5 Å². The molecule has 0 bridgehead atoms. The molecule has 0 spiro atoms. The number of nitrogens with two attached hydrogens (primary N) is 1. The number of rotatable bonds is 9. The number of benzene rings is 1. The van der Waals surface area contributed by atoms with Crippen molar-refractivity contribution in [2.75, 3.05) is 0 Å². The van der Waals surface area contributed by atoms with Crippen LogP contribution in [0.2, 0.25) is 0 Å². The first-order chi connectivity index (χ1) is 11.0. The van der Waals surface area contributed by atoms with Gasteiger partial charge in [-0.15, -0.1) is 0 Å². The SMILES string of the molecule is CCC(C)C(N)C(=O)OC([C]=O)CC(=O)OCc1ccccc1. The fourth-order valence-corrected chi connectivity index (χ4v) is 1.76. The van der Waals surface area contributed by atoms with Crippen LogP contribution in [0.15, 0.2) is 30.3 Å². The first kappa shape index (κ1) is 18.8. The summed E-state index contributed by atoms with van der Waals surface area (Å²) in [6, 6.07) is 8.27. The standard InChI is InChI=1S/C17H22NO5/c1-3-12(2)16(18)17(21)23-14(10-19)9-15(20)22-11-13-7-5-4-6-8-13/h4-8,12,14,16H,3,9,11,18H2,1-2H3. The fraction of sp³-hybridized carbons (Fsp3) is 0.471. The normalized spacial score (nSPS) is 14.4. The number of esters is 2. The van der Waals surface area contributed by atoms with Crippen LogP contribution in [0.4, 0.5) is 0 Å². The van der Waals surface area contributed by atoms with E-state index in [0.717, 1.165) is 5.56 Å². The molecule has 1 aromatic carbocycles. The molecule has 3 unspecified atom stereocenters. The topological polar surface area (TPSA) is 95.7 Å². The Labute approximate surface area is 135 Å². The Morgan fingerprint density at radius 3 is 2.48 bits per heavy atom. The first-order valence-electron chi connectivity index (χ1n) is 7.51. The number of carbonyl (C=O) groups excluding carboxylic acids is 3. The van der Waals surface area contributed by atoms with Crippen molar-refractivity contribution in [2.45, 2.75) is 45.4 Å². The van der Waals surface area contributed by atoms with Gasteiger partial charge < -0.3 is 15.2 Å². The lowest BCUT2D eigenvalue weighted by molar-refractivity contribution is -0.154. The Kier molecular flexibility index (Phi) is 7.97. The van der Waals surface area contributed by atoms with Crippen molar-refractivity contribution in [1.82, 2.24) is 0 Å². The lowest BCUT2D eigenvalue weighted by Gasteiger charge is -2.19. The van der Waals surface area contributed by atoms with E-state index in [2.05, 4.69) is 0 Å². The maximum absolute atomic E-state index is 11.8. The predicted octanol–water partition coefficient (Wildman–Crippen LogP) is 1.51. The molecule has 0 saturated carbocycles. The van der Waals surface area contributed by atoms with E-state index in [0.29, 0.717) is 6.42 Å². The van der Waals surface area contributed by atoms with Gasteiger partial charge in [-0.1, -0.05) is 50.6 Å². The second-order valence-corrected chi connectivity index (χ2v) is 5.31. The molecule has 0 amide bonds. The van der Waals surface area contributed by atoms with Gasteiger partial charge in [0.2, 0.25) is 6.29 Å². The Morgan fingerprint density at radius 1 is 1.26 bits per heavy atom. The third-order valence-corrected chi connectivity index (χ3v) is 3.51. The summed E-state index contributed by atoms with van der Waals surface area (Å²) in [5, 5.41) is 0. The molecule has 6 nitrogen and oxygen atoms in total. The maximum Gasteiger partial charge on any atom is 0.323 e. The molecule has 2 N–H and O–H groups in total. The number of carbonyl (C=O) groups is 2. The average Bonchev–Trinajstić information content (AvgIpc) is 2.58. The molecule has 3 atom stereocenters. The second-order valence-electron chi connectivity index (χ2n) is 5.31. The third kappa shape index (κ3) is 6.61. The third-order valence-electron chi connectivity index (χ3n) is 3.51. The lowest BCUT2D eigenvalue weighted by Crippen LogP contribution is -2.40. The van der Waals surface area contributed by atoms with Crippen molar-refractivity contribution in [1.29, 1.82) is 0 Å². The molecule has 6 heteroatoms. The molecule has 0 fully saturated rings. The van der Waals surface area contributed by atoms with Crippen molar-refractivity contribution in [3.05, 3.63) is 35.9 Å². The fourth-order valence-electron chi connectivity index (χ4n) is 1.76. The number of ether oxygens (including phenoxy) is 2. The quantitative estimate of drug-likeness (QED) is 0.693. The zero-order valence-electron chi connectivity index (χ0n) is 13.4. The van der Waals surface area contributed by atoms with Gasteiger partial charge in [0, 0.05) is 0 Å². The highest BCUT2D eigenvalue weighted by molar-refractivity contribution is 5.80. The molecule has 0 aliphatic carbocycles. The van der Waals surface area contributed by atoms with Gasteiger partial charge in [-0.25, -0.2) is 0 Å². The number of hydrogen-bond donors (Lipinski definition) is 1. The summed E-state index contributed by atoms with van der Waals surface area (Å²) in [5.74, 6) is -1.45. The Hall–Kier alpha value is -2.21. The van der Waals surface area contributed by atoms with E-state index in [-0.39, 0.29) is 18.9 Å². The van der Waals surface area contributed by atoms with Gasteiger partial charge in [0.15, 0.2) is 6.10 Å². The summed E-state index contributed by atoms with van der Waals surface area (Å²) in [6.07, 6.45) is 0.539. The van der Waals surface area contributed by atoms with Gasteiger partial charge in [-0.2, -0.15) is 0 Å². The zero-order chi connectivity index (χ0) is 17.2. The molecule has 0 aliphatic heterocycles. The highest BCUT2D eigenvalue weighted by Gasteiger charge is 2.26. The Morgan fingerprint density at radius 2 is 1.91 bits per heavy atom. The monoisotopic (exact) mass is 320 g/mol. The van der Waals surface area contributed by atoms with Crippen LogP contribution < -0.4 is 5.73 Å². The van der Waals surface area contributed by atoms with Gasteiger partial charge in [0.05, 0.1) is 6.42 Å². The molecule has 0 saturated heterocycles. The van der Waals surface area contributed by atoms with Crippen molar-refractivity contribution in [3.8, 4) is 0 Å². The average molecular weight is 320 g/mol. The van der Waals surface area contributed by atoms with E-state index in [4.69, 9.17) is 15.2 Å². The summed E-state index contributed by atoms with van der Waals surface area (Å²) < 4.78 is 9.95. The van der Waals surface area contributed by atoms with Crippen LogP contribution in [0.3, 0.4) is 0 Å². The molecule has 23 heavy (non-hydrogen) atoms. The molecule has 125 valence electrons. The summed E-state index contributed by atoms with van der Waals surface area (Å²) in [7, 11) is 0. The van der Waals surface area contributed by atoms with Crippen molar-refractivity contribution < 1.29 is 23.9 Å². The molecular formula is C17H22NO5. The minimum Gasteiger partial charge on any atom is -0.461 e. The minimum absolute atomic E-state index is 0.0835. The molecule has 0 aromatic heterocycles. The maximum atomic E-state index is 11.8. The molecule has 1 rings (SSSR count). The summed E-state index contributed by atoms with van der Waals surface area (Å²) in [5.41, 5.74) is 6.54. The van der Waals surface area contributed by atoms with E-state index in [1.807, 2.05) is 37.3 Å². The smallest absolute Gasteiger partial charge is 0.323 e. The van der Waals surface area contributed by atoms with Gasteiger partial charge in [0.25, 0.3) is 0 Å². The largest absolute Gasteiger partial charge is 0.461 e. The van der Waals surface area contributed by atoms with Crippen LogP contribution in [0, 0.1) is 5.92 Å². The van der Waals surface area contributed by atoms with E-state index in [1.165, 1.54) is 6.29 Å². The predicted molar refractivity (Wildman–Crippen MR) is 83.9 cm³/mol. The lowest BCUT2D eigenvalue weighted by atomic mass is 10.0. The van der Waals surface area contributed by atoms with E-state index in [9.17, 15) is 14.4 Å². The number of hydrogen-bond acceptors (Lipinski definition) is 6. The van der Waals surface area contributed by atoms with E-state index < -0.39 is 24.1 Å². The van der Waals surface area contributed by atoms with Crippen molar-refractivity contribution in [3.63, 3.8) is 0 Å². The first-order valence-corrected chi connectivity index (χ1v) is 7.51. The van der Waals surface area contributed by atoms with Crippen LogP contribution in [-0.4, -0.2) is 30.4 Å². The van der Waals surface area contributed by atoms with Gasteiger partial charge in [0.1, 0.15) is 12.6 Å². The highest BCUT2D eigenvalue weighted by Crippen LogP contribution is 2.09. The van der Waals surface area contributed by atoms with Crippen LogP contribution in [0.5, 0.6) is 0 Å². The van der Waals surface area contributed by atoms with E-state index in [1.54, 1.807) is 6.92 Å². The Bertz CT molecular complexity index is 517. The second kappa shape index (κ2) is 9.74. The summed E-state index contributed by atoms with van der Waals surface area (Å²) in [4.78, 5) is 34.4. The minimum atomic E-state index is -1.30. The molecule has 1 radical (unpaired) electrons. The van der Waals surface area contributed by atoms with Crippen molar-refractivity contribution >= 4 is 18.2 Å². The molecular weight excluding hydrogens is 298 g/mol. The molecule has 1 aromatic rings. The van der Waals surface area contributed by atoms with Gasteiger partial charge >= 0.3 is 11.9 Å². The zero-order valence-corrected chi connectivity index (χ0v) is 13.4. The van der Waals surface area contributed by atoms with Crippen LogP contribution >= 0.6 is 0 Å². The Balaban J connectivity index is 2.44. The summed E-state index contributed by atoms with van der Waals surface area (Å²) >= 11 is 0. The molecule has 0 aliphatic rings. The van der Waals surface area contributed by atoms with Crippen LogP contribution in [0.1, 0.15) is 32.3 Å². The van der Waals surface area contributed by atoms with Crippen LogP contribution in [0.25, 0.3) is 0 Å². The molecule has 0 heterocycles. The van der Waals surface area contributed by atoms with Crippen LogP contribution in [-0.2, 0) is 30.5 Å². The highest BCUT2D eigenvalue weighted by atomic mass is 16.6. The van der Waals surface area contributed by atoms with Crippen molar-refractivity contribution in [2.24, 2.45) is 11.7 Å².